The second kappa shape index (κ2) is 12.5. The van der Waals surface area contributed by atoms with Crippen molar-refractivity contribution in [3.8, 4) is 11.4 Å². The van der Waals surface area contributed by atoms with Crippen molar-refractivity contribution in [3.63, 3.8) is 0 Å². The molecule has 0 aliphatic heterocycles. The molecule has 0 bridgehead atoms. The highest BCUT2D eigenvalue weighted by molar-refractivity contribution is 9.10. The molecule has 0 fully saturated rings. The van der Waals surface area contributed by atoms with Crippen LogP contribution in [0.1, 0.15) is 48.1 Å². The van der Waals surface area contributed by atoms with E-state index < -0.39 is 4.92 Å². The van der Waals surface area contributed by atoms with Gasteiger partial charge in [-0.05, 0) is 74.4 Å². The molecule has 2 heterocycles. The van der Waals surface area contributed by atoms with Crippen molar-refractivity contribution >= 4 is 38.7 Å². The molecule has 0 unspecified atom stereocenters. The second-order valence-corrected chi connectivity index (χ2v) is 10.9. The molecule has 5 rings (SSSR count). The minimum Gasteiger partial charge on any atom is -0.489 e. The molecule has 10 heteroatoms. The van der Waals surface area contributed by atoms with E-state index in [0.717, 1.165) is 45.5 Å². The van der Waals surface area contributed by atoms with Gasteiger partial charge in [-0.25, -0.2) is 4.98 Å². The van der Waals surface area contributed by atoms with Crippen molar-refractivity contribution in [3.05, 3.63) is 126 Å². The number of aromatic nitrogens is 3. The molecular formula is C32H30BrN5O4. The average Bonchev–Trinajstić information content (AvgIpc) is 3.27. The van der Waals surface area contributed by atoms with E-state index in [2.05, 4.69) is 32.5 Å². The number of nitro groups is 1. The van der Waals surface area contributed by atoms with Crippen molar-refractivity contribution in [2.24, 2.45) is 5.10 Å². The van der Waals surface area contributed by atoms with Gasteiger partial charge in [0.25, 0.3) is 11.2 Å². The predicted octanol–water partition coefficient (Wildman–Crippen LogP) is 7.28. The van der Waals surface area contributed by atoms with Crippen LogP contribution in [0.25, 0.3) is 16.6 Å². The molecular weight excluding hydrogens is 598 g/mol. The van der Waals surface area contributed by atoms with Gasteiger partial charge in [0.2, 0.25) is 0 Å². The van der Waals surface area contributed by atoms with Gasteiger partial charge in [0.15, 0.2) is 0 Å². The van der Waals surface area contributed by atoms with Gasteiger partial charge in [0.1, 0.15) is 18.2 Å². The average molecular weight is 629 g/mol. The molecule has 0 spiro atoms. The lowest BCUT2D eigenvalue weighted by Crippen LogP contribution is -2.22. The Balaban J connectivity index is 1.39. The van der Waals surface area contributed by atoms with Gasteiger partial charge in [-0.15, -0.1) is 0 Å². The van der Waals surface area contributed by atoms with Gasteiger partial charge in [-0.3, -0.25) is 14.9 Å². The van der Waals surface area contributed by atoms with Crippen LogP contribution in [-0.4, -0.2) is 25.4 Å². The number of benzene rings is 3. The maximum Gasteiger partial charge on any atom is 0.282 e. The first-order valence-corrected chi connectivity index (χ1v) is 14.5. The van der Waals surface area contributed by atoms with Gasteiger partial charge in [0, 0.05) is 45.7 Å². The number of nitrogens with zero attached hydrogens (tertiary/aromatic N) is 5. The number of aryl methyl sites for hydroxylation is 2. The van der Waals surface area contributed by atoms with Crippen LogP contribution >= 0.6 is 15.9 Å². The number of unbranched alkanes of at least 4 members (excludes halogenated alkanes) is 1. The third-order valence-electron chi connectivity index (χ3n) is 7.03. The van der Waals surface area contributed by atoms with E-state index in [0.29, 0.717) is 28.9 Å². The maximum absolute atomic E-state index is 13.4. The molecule has 0 saturated heterocycles. The number of nitro benzene ring substituents is 1. The fraction of sp³-hybridized carbons (Fsp3) is 0.219. The molecule has 0 aliphatic rings. The minimum atomic E-state index is -0.416. The number of ether oxygens (including phenoxy) is 1. The SMILES string of the molecule is CCCCc1nc2ccc(Br)cc2c(=O)n1N=Cc1cc(C)n(-c2ccc(OCc3cccc([N+](=O)[O-])c3)cc2)c1C. The third kappa shape index (κ3) is 6.18. The van der Waals surface area contributed by atoms with Gasteiger partial charge in [0.05, 0.1) is 22.0 Å². The summed E-state index contributed by atoms with van der Waals surface area (Å²) < 4.78 is 10.2. The van der Waals surface area contributed by atoms with Crippen LogP contribution in [0, 0.1) is 24.0 Å². The van der Waals surface area contributed by atoms with E-state index in [1.165, 1.54) is 16.8 Å². The second-order valence-electron chi connectivity index (χ2n) is 10.0. The third-order valence-corrected chi connectivity index (χ3v) is 7.53. The molecule has 0 N–H and O–H groups in total. The maximum atomic E-state index is 13.4. The van der Waals surface area contributed by atoms with Crippen LogP contribution < -0.4 is 10.3 Å². The molecule has 214 valence electrons. The smallest absolute Gasteiger partial charge is 0.282 e. The first-order valence-electron chi connectivity index (χ1n) is 13.7. The number of hydrogen-bond acceptors (Lipinski definition) is 6. The van der Waals surface area contributed by atoms with Gasteiger partial charge in [-0.1, -0.05) is 41.4 Å². The van der Waals surface area contributed by atoms with Crippen molar-refractivity contribution < 1.29 is 9.66 Å². The summed E-state index contributed by atoms with van der Waals surface area (Å²) in [6.07, 6.45) is 4.27. The van der Waals surface area contributed by atoms with E-state index in [1.54, 1.807) is 24.4 Å². The van der Waals surface area contributed by atoms with Crippen molar-refractivity contribution in [2.45, 2.75) is 46.6 Å². The normalized spacial score (nSPS) is 11.4. The standard InChI is InChI=1S/C32H30BrN5O4/c1-4-5-9-31-35-30-15-10-25(33)18-29(30)32(39)37(31)34-19-24-16-21(2)36(22(24)3)26-11-13-28(14-12-26)42-20-23-7-6-8-27(17-23)38(40)41/h6-8,10-19H,4-5,9,20H2,1-3H3. The van der Waals surface area contributed by atoms with E-state index in [1.807, 2.05) is 56.3 Å². The molecule has 9 nitrogen and oxygen atoms in total. The number of non-ortho nitro benzene ring substituents is 1. The molecule has 3 aromatic carbocycles. The summed E-state index contributed by atoms with van der Waals surface area (Å²) in [6, 6.07) is 21.6. The number of fused-ring (bicyclic) bond motifs is 1. The van der Waals surface area contributed by atoms with E-state index in [9.17, 15) is 14.9 Å². The summed E-state index contributed by atoms with van der Waals surface area (Å²) in [5.41, 5.74) is 5.05. The monoisotopic (exact) mass is 627 g/mol. The molecule has 0 amide bonds. The highest BCUT2D eigenvalue weighted by Gasteiger charge is 2.13. The lowest BCUT2D eigenvalue weighted by atomic mass is 10.2. The van der Waals surface area contributed by atoms with Crippen LogP contribution in [0.2, 0.25) is 0 Å². The Bertz CT molecular complexity index is 1860. The van der Waals surface area contributed by atoms with Crippen LogP contribution in [0.3, 0.4) is 0 Å². The van der Waals surface area contributed by atoms with E-state index in [4.69, 9.17) is 9.72 Å². The summed E-state index contributed by atoms with van der Waals surface area (Å²) in [4.78, 5) is 28.8. The Morgan fingerprint density at radius 3 is 2.60 bits per heavy atom. The van der Waals surface area contributed by atoms with E-state index in [-0.39, 0.29) is 17.9 Å². The Morgan fingerprint density at radius 2 is 1.86 bits per heavy atom. The summed E-state index contributed by atoms with van der Waals surface area (Å²) in [5, 5.41) is 16.2. The Hall–Kier alpha value is -4.57. The number of rotatable bonds is 10. The zero-order valence-electron chi connectivity index (χ0n) is 23.6. The quantitative estimate of drug-likeness (QED) is 0.0919. The summed E-state index contributed by atoms with van der Waals surface area (Å²) >= 11 is 3.45. The molecule has 5 aromatic rings. The van der Waals surface area contributed by atoms with Gasteiger partial charge >= 0.3 is 0 Å². The zero-order chi connectivity index (χ0) is 29.8. The lowest BCUT2D eigenvalue weighted by Gasteiger charge is -2.12. The van der Waals surface area contributed by atoms with Crippen molar-refractivity contribution in [2.75, 3.05) is 0 Å². The summed E-state index contributed by atoms with van der Waals surface area (Å²) in [6.45, 7) is 6.36. The molecule has 0 radical (unpaired) electrons. The van der Waals surface area contributed by atoms with Gasteiger partial charge < -0.3 is 9.30 Å². The van der Waals surface area contributed by atoms with Crippen LogP contribution in [-0.2, 0) is 13.0 Å². The Labute approximate surface area is 251 Å². The molecule has 0 aliphatic carbocycles. The largest absolute Gasteiger partial charge is 0.489 e. The summed E-state index contributed by atoms with van der Waals surface area (Å²) in [5.74, 6) is 1.30. The first-order chi connectivity index (χ1) is 20.2. The molecule has 0 saturated carbocycles. The zero-order valence-corrected chi connectivity index (χ0v) is 25.2. The lowest BCUT2D eigenvalue weighted by molar-refractivity contribution is -0.384. The predicted molar refractivity (Wildman–Crippen MR) is 168 cm³/mol. The topological polar surface area (TPSA) is 105 Å². The van der Waals surface area contributed by atoms with Crippen molar-refractivity contribution in [1.29, 1.82) is 0 Å². The van der Waals surface area contributed by atoms with Crippen LogP contribution in [0.5, 0.6) is 5.75 Å². The highest BCUT2D eigenvalue weighted by Crippen LogP contribution is 2.24. The molecule has 2 aromatic heterocycles. The number of halogens is 1. The fourth-order valence-corrected chi connectivity index (χ4v) is 5.23. The van der Waals surface area contributed by atoms with Crippen molar-refractivity contribution in [1.82, 2.24) is 14.2 Å². The van der Waals surface area contributed by atoms with Crippen LogP contribution in [0.15, 0.2) is 87.2 Å². The first kappa shape index (κ1) is 28.9. The Kier molecular flexibility index (Phi) is 8.63. The fourth-order valence-electron chi connectivity index (χ4n) is 4.86. The summed E-state index contributed by atoms with van der Waals surface area (Å²) in [7, 11) is 0. The molecule has 42 heavy (non-hydrogen) atoms. The van der Waals surface area contributed by atoms with Gasteiger partial charge in [-0.2, -0.15) is 9.78 Å². The Morgan fingerprint density at radius 1 is 1.07 bits per heavy atom. The molecule has 0 atom stereocenters. The minimum absolute atomic E-state index is 0.0383. The highest BCUT2D eigenvalue weighted by atomic mass is 79.9. The van der Waals surface area contributed by atoms with Crippen LogP contribution in [0.4, 0.5) is 5.69 Å². The van der Waals surface area contributed by atoms with E-state index >= 15 is 0 Å². The number of hydrogen-bond donors (Lipinski definition) is 0.